The van der Waals surface area contributed by atoms with E-state index in [1.54, 1.807) is 0 Å². The number of unbranched alkanes of at least 4 members (excludes halogenated alkanes) is 2. The van der Waals surface area contributed by atoms with Gasteiger partial charge in [0.2, 0.25) is 0 Å². The van der Waals surface area contributed by atoms with Crippen molar-refractivity contribution in [2.45, 2.75) is 72.6 Å². The molecule has 0 saturated carbocycles. The van der Waals surface area contributed by atoms with E-state index in [2.05, 4.69) is 34.7 Å². The molecule has 266 valence electrons. The molecular formula is C39H54N4O6. The Morgan fingerprint density at radius 3 is 1.53 bits per heavy atom. The molecule has 0 aliphatic heterocycles. The Morgan fingerprint density at radius 1 is 0.612 bits per heavy atom. The Morgan fingerprint density at radius 2 is 1.06 bits per heavy atom. The molecule has 0 bridgehead atoms. The molecule has 10 nitrogen and oxygen atoms in total. The lowest BCUT2D eigenvalue weighted by atomic mass is 10.0. The molecule has 3 N–H and O–H groups in total. The second-order valence-corrected chi connectivity index (χ2v) is 12.3. The van der Waals surface area contributed by atoms with Crippen LogP contribution in [0.4, 0.5) is 31.4 Å². The van der Waals surface area contributed by atoms with Crippen LogP contribution in [0.15, 0.2) is 72.8 Å². The number of hydrogen-bond donors (Lipinski definition) is 3. The summed E-state index contributed by atoms with van der Waals surface area (Å²) in [7, 11) is 0. The quantitative estimate of drug-likeness (QED) is 0.102. The molecule has 49 heavy (non-hydrogen) atoms. The molecule has 1 unspecified atom stereocenters. The van der Waals surface area contributed by atoms with Crippen LogP contribution in [0.2, 0.25) is 0 Å². The highest BCUT2D eigenvalue weighted by molar-refractivity contribution is 5.85. The van der Waals surface area contributed by atoms with Crippen molar-refractivity contribution in [2.75, 3.05) is 55.4 Å². The first-order valence-corrected chi connectivity index (χ1v) is 17.6. The summed E-state index contributed by atoms with van der Waals surface area (Å²) >= 11 is 0. The third-order valence-corrected chi connectivity index (χ3v) is 8.19. The average Bonchev–Trinajstić information content (AvgIpc) is 3.10. The molecule has 0 fully saturated rings. The second-order valence-electron chi connectivity index (χ2n) is 12.3. The fourth-order valence-electron chi connectivity index (χ4n) is 5.03. The van der Waals surface area contributed by atoms with Crippen LogP contribution in [-0.2, 0) is 20.6 Å². The van der Waals surface area contributed by atoms with Crippen LogP contribution in [0.5, 0.6) is 0 Å². The van der Waals surface area contributed by atoms with Gasteiger partial charge in [0.1, 0.15) is 6.61 Å². The van der Waals surface area contributed by atoms with Crippen molar-refractivity contribution in [3.63, 3.8) is 0 Å². The first-order chi connectivity index (χ1) is 23.8. The van der Waals surface area contributed by atoms with Gasteiger partial charge in [0.25, 0.3) is 0 Å². The summed E-state index contributed by atoms with van der Waals surface area (Å²) in [6.45, 7) is 12.0. The fourth-order valence-corrected chi connectivity index (χ4v) is 5.03. The van der Waals surface area contributed by atoms with Crippen molar-refractivity contribution in [2.24, 2.45) is 5.92 Å². The molecule has 0 aliphatic rings. The summed E-state index contributed by atoms with van der Waals surface area (Å²) < 4.78 is 16.2. The van der Waals surface area contributed by atoms with Gasteiger partial charge in [-0.25, -0.2) is 14.4 Å². The topological polar surface area (TPSA) is 118 Å². The van der Waals surface area contributed by atoms with Gasteiger partial charge in [0.15, 0.2) is 0 Å². The van der Waals surface area contributed by atoms with Crippen LogP contribution >= 0.6 is 0 Å². The number of ether oxygens (including phenoxy) is 3. The van der Waals surface area contributed by atoms with Crippen molar-refractivity contribution in [1.82, 2.24) is 4.90 Å². The molecule has 1 atom stereocenters. The van der Waals surface area contributed by atoms with E-state index in [0.717, 1.165) is 68.4 Å². The van der Waals surface area contributed by atoms with Gasteiger partial charge in [0.05, 0.1) is 13.2 Å². The number of hydrogen-bond acceptors (Lipinski definition) is 7. The molecule has 3 aromatic rings. The Kier molecular flexibility index (Phi) is 17.6. The van der Waals surface area contributed by atoms with Crippen LogP contribution in [0.1, 0.15) is 76.0 Å². The Balaban J connectivity index is 1.33. The van der Waals surface area contributed by atoms with E-state index in [9.17, 15) is 14.4 Å². The van der Waals surface area contributed by atoms with Gasteiger partial charge >= 0.3 is 18.3 Å². The first-order valence-electron chi connectivity index (χ1n) is 17.6. The maximum absolute atomic E-state index is 12.4. The molecule has 0 saturated heterocycles. The molecule has 0 heterocycles. The molecule has 3 rings (SSSR count). The summed E-state index contributed by atoms with van der Waals surface area (Å²) in [6.07, 6.45) is 5.17. The second kappa shape index (κ2) is 22.1. The summed E-state index contributed by atoms with van der Waals surface area (Å²) in [4.78, 5) is 39.1. The standard InChI is InChI=1S/C39H54N4O6/c1-5-8-23-43(24-9-6-2)25-27-48-38(45)41-36-20-14-33(15-21-36)28-32-12-18-35(19-13-32)40-37(44)47-26-22-31(7-3)29-49-39(46)42-34-16-10-30(4)11-17-34/h10-21,31H,5-9,22-29H2,1-4H3,(H,40,44)(H,41,45)(H,42,46). The van der Waals surface area contributed by atoms with E-state index in [0.29, 0.717) is 36.5 Å². The van der Waals surface area contributed by atoms with Crippen LogP contribution in [0.3, 0.4) is 0 Å². The van der Waals surface area contributed by atoms with Crippen molar-refractivity contribution >= 4 is 35.3 Å². The number of anilines is 3. The minimum absolute atomic E-state index is 0.0706. The lowest BCUT2D eigenvalue weighted by Crippen LogP contribution is -2.31. The number of aryl methyl sites for hydroxylation is 1. The summed E-state index contributed by atoms with van der Waals surface area (Å²) in [6, 6.07) is 22.7. The van der Waals surface area contributed by atoms with E-state index in [-0.39, 0.29) is 19.1 Å². The number of carbonyl (C=O) groups is 3. The fraction of sp³-hybridized carbons (Fsp3) is 0.462. The highest BCUT2D eigenvalue weighted by Gasteiger charge is 2.13. The largest absolute Gasteiger partial charge is 0.449 e. The van der Waals surface area contributed by atoms with Gasteiger partial charge < -0.3 is 14.2 Å². The molecule has 0 spiro atoms. The van der Waals surface area contributed by atoms with Crippen molar-refractivity contribution in [1.29, 1.82) is 0 Å². The highest BCUT2D eigenvalue weighted by Crippen LogP contribution is 2.17. The number of benzene rings is 3. The van der Waals surface area contributed by atoms with Crippen LogP contribution in [0, 0.1) is 12.8 Å². The summed E-state index contributed by atoms with van der Waals surface area (Å²) in [5.74, 6) is 0.0706. The molecule has 10 heteroatoms. The van der Waals surface area contributed by atoms with Crippen LogP contribution < -0.4 is 16.0 Å². The maximum Gasteiger partial charge on any atom is 0.411 e. The Hall–Kier alpha value is -4.57. The molecule has 0 aromatic heterocycles. The van der Waals surface area contributed by atoms with Crippen molar-refractivity contribution in [3.8, 4) is 0 Å². The van der Waals surface area contributed by atoms with Crippen LogP contribution in [-0.4, -0.2) is 62.6 Å². The zero-order chi connectivity index (χ0) is 35.3. The predicted octanol–water partition coefficient (Wildman–Crippen LogP) is 9.25. The van der Waals surface area contributed by atoms with Gasteiger partial charge in [-0.1, -0.05) is 75.6 Å². The molecule has 3 amide bonds. The number of carbonyl (C=O) groups excluding carboxylic acids is 3. The highest BCUT2D eigenvalue weighted by atomic mass is 16.6. The van der Waals surface area contributed by atoms with E-state index >= 15 is 0 Å². The zero-order valence-electron chi connectivity index (χ0n) is 29.6. The van der Waals surface area contributed by atoms with Gasteiger partial charge in [0, 0.05) is 23.6 Å². The number of nitrogens with one attached hydrogen (secondary N) is 3. The smallest absolute Gasteiger partial charge is 0.411 e. The molecular weight excluding hydrogens is 620 g/mol. The van der Waals surface area contributed by atoms with Gasteiger partial charge in [-0.15, -0.1) is 0 Å². The number of amides is 3. The third-order valence-electron chi connectivity index (χ3n) is 8.19. The minimum Gasteiger partial charge on any atom is -0.449 e. The monoisotopic (exact) mass is 674 g/mol. The summed E-state index contributed by atoms with van der Waals surface area (Å²) in [5.41, 5.74) is 5.26. The SMILES string of the molecule is CCCCN(CCCC)CCOC(=O)Nc1ccc(Cc2ccc(NC(=O)OCCC(CC)COC(=O)Nc3ccc(C)cc3)cc2)cc1. The Labute approximate surface area is 291 Å². The first kappa shape index (κ1) is 38.9. The molecule has 3 aromatic carbocycles. The molecule has 0 radical (unpaired) electrons. The van der Waals surface area contributed by atoms with E-state index < -0.39 is 18.3 Å². The lowest BCUT2D eigenvalue weighted by Gasteiger charge is -2.21. The van der Waals surface area contributed by atoms with Gasteiger partial charge in [-0.2, -0.15) is 0 Å². The lowest BCUT2D eigenvalue weighted by molar-refractivity contribution is 0.118. The van der Waals surface area contributed by atoms with Gasteiger partial charge in [-0.05, 0) is 106 Å². The van der Waals surface area contributed by atoms with E-state index in [1.807, 2.05) is 86.6 Å². The Bertz CT molecular complexity index is 1390. The van der Waals surface area contributed by atoms with Gasteiger partial charge in [-0.3, -0.25) is 20.9 Å². The average molecular weight is 675 g/mol. The molecule has 0 aliphatic carbocycles. The summed E-state index contributed by atoms with van der Waals surface area (Å²) in [5, 5.41) is 8.28. The minimum atomic E-state index is -0.535. The predicted molar refractivity (Wildman–Crippen MR) is 196 cm³/mol. The zero-order valence-corrected chi connectivity index (χ0v) is 29.6. The van der Waals surface area contributed by atoms with E-state index in [4.69, 9.17) is 14.2 Å². The number of rotatable bonds is 20. The van der Waals surface area contributed by atoms with Crippen molar-refractivity contribution < 1.29 is 28.6 Å². The number of nitrogens with zero attached hydrogens (tertiary/aromatic N) is 1. The van der Waals surface area contributed by atoms with Crippen LogP contribution in [0.25, 0.3) is 0 Å². The third kappa shape index (κ3) is 15.9. The maximum atomic E-state index is 12.4. The van der Waals surface area contributed by atoms with E-state index in [1.165, 1.54) is 0 Å². The van der Waals surface area contributed by atoms with Crippen molar-refractivity contribution in [3.05, 3.63) is 89.5 Å². The normalized spacial score (nSPS) is 11.4.